The van der Waals surface area contributed by atoms with Crippen LogP contribution >= 0.6 is 0 Å². The van der Waals surface area contributed by atoms with Gasteiger partial charge in [-0.2, -0.15) is 0 Å². The van der Waals surface area contributed by atoms with Crippen molar-refractivity contribution in [3.05, 3.63) is 29.3 Å². The number of carboxylic acids is 1. The van der Waals surface area contributed by atoms with E-state index in [1.807, 2.05) is 12.1 Å². The summed E-state index contributed by atoms with van der Waals surface area (Å²) < 4.78 is 5.48. The summed E-state index contributed by atoms with van der Waals surface area (Å²) in [5.41, 5.74) is 1.46. The fourth-order valence-electron chi connectivity index (χ4n) is 3.01. The van der Waals surface area contributed by atoms with Crippen LogP contribution in [0.3, 0.4) is 0 Å². The van der Waals surface area contributed by atoms with Gasteiger partial charge in [0.25, 0.3) is 0 Å². The third kappa shape index (κ3) is 4.23. The highest BCUT2D eigenvalue weighted by atomic mass is 16.5. The maximum Gasteiger partial charge on any atom is 0.309 e. The first-order valence-corrected chi connectivity index (χ1v) is 8.04. The molecule has 22 heavy (non-hydrogen) atoms. The van der Waals surface area contributed by atoms with E-state index in [9.17, 15) is 9.90 Å². The molecule has 0 amide bonds. The monoisotopic (exact) mass is 305 g/mol. The Balaban J connectivity index is 2.16. The first-order valence-electron chi connectivity index (χ1n) is 8.04. The lowest BCUT2D eigenvalue weighted by Crippen LogP contribution is -2.29. The third-order valence-corrected chi connectivity index (χ3v) is 4.41. The van der Waals surface area contributed by atoms with Crippen LogP contribution in [0.1, 0.15) is 44.2 Å². The lowest BCUT2D eigenvalue weighted by atomic mass is 9.85. The molecule has 1 aliphatic heterocycles. The van der Waals surface area contributed by atoms with Crippen molar-refractivity contribution in [1.29, 1.82) is 0 Å². The number of nitrogens with zero attached hydrogens (tertiary/aromatic N) is 1. The molecule has 1 aromatic rings. The number of carboxylic acid groups (broad SMARTS) is 1. The summed E-state index contributed by atoms with van der Waals surface area (Å²) in [7, 11) is 1.69. The molecule has 1 fully saturated rings. The molecular formula is C18H27NO3. The van der Waals surface area contributed by atoms with Crippen molar-refractivity contribution in [2.24, 2.45) is 5.41 Å². The molecule has 1 heterocycles. The van der Waals surface area contributed by atoms with Crippen LogP contribution in [-0.4, -0.2) is 36.2 Å². The molecule has 0 aromatic heterocycles. The highest BCUT2D eigenvalue weighted by molar-refractivity contribution is 5.74. The van der Waals surface area contributed by atoms with Gasteiger partial charge in [-0.05, 0) is 57.8 Å². The zero-order valence-electron chi connectivity index (χ0n) is 13.9. The highest BCUT2D eigenvalue weighted by Crippen LogP contribution is 2.27. The molecule has 4 nitrogen and oxygen atoms in total. The number of hydrogen-bond acceptors (Lipinski definition) is 3. The number of rotatable bonds is 6. The molecule has 0 unspecified atom stereocenters. The Morgan fingerprint density at radius 1 is 1.27 bits per heavy atom. The summed E-state index contributed by atoms with van der Waals surface area (Å²) in [4.78, 5) is 13.8. The second-order valence-electron chi connectivity index (χ2n) is 6.85. The third-order valence-electron chi connectivity index (χ3n) is 4.41. The molecule has 122 valence electrons. The van der Waals surface area contributed by atoms with Gasteiger partial charge in [0, 0.05) is 12.1 Å². The minimum atomic E-state index is -0.763. The maximum atomic E-state index is 11.3. The van der Waals surface area contributed by atoms with Gasteiger partial charge in [0.2, 0.25) is 0 Å². The van der Waals surface area contributed by atoms with Crippen LogP contribution < -0.4 is 4.74 Å². The largest absolute Gasteiger partial charge is 0.496 e. The second-order valence-corrected chi connectivity index (χ2v) is 6.85. The number of ether oxygens (including phenoxy) is 1. The Kier molecular flexibility index (Phi) is 5.46. The molecule has 0 aliphatic carbocycles. The van der Waals surface area contributed by atoms with Gasteiger partial charge in [-0.25, -0.2) is 0 Å². The number of hydrogen-bond donors (Lipinski definition) is 1. The summed E-state index contributed by atoms with van der Waals surface area (Å²) in [5.74, 6) is 0.128. The average Bonchev–Trinajstić information content (AvgIpc) is 2.48. The van der Waals surface area contributed by atoms with Crippen molar-refractivity contribution in [1.82, 2.24) is 4.90 Å². The Bertz CT molecular complexity index is 519. The molecule has 4 heteroatoms. The van der Waals surface area contributed by atoms with Gasteiger partial charge in [-0.15, -0.1) is 0 Å². The van der Waals surface area contributed by atoms with Crippen LogP contribution in [0.5, 0.6) is 5.75 Å². The lowest BCUT2D eigenvalue weighted by Gasteiger charge is -2.27. The predicted molar refractivity (Wildman–Crippen MR) is 87.2 cm³/mol. The first kappa shape index (κ1) is 16.8. The van der Waals surface area contributed by atoms with Crippen molar-refractivity contribution >= 4 is 5.97 Å². The van der Waals surface area contributed by atoms with E-state index in [4.69, 9.17) is 4.74 Å². The van der Waals surface area contributed by atoms with Gasteiger partial charge in [0.1, 0.15) is 5.75 Å². The van der Waals surface area contributed by atoms with E-state index in [0.717, 1.165) is 36.5 Å². The van der Waals surface area contributed by atoms with Gasteiger partial charge < -0.3 is 9.84 Å². The van der Waals surface area contributed by atoms with Crippen LogP contribution in [0.4, 0.5) is 0 Å². The quantitative estimate of drug-likeness (QED) is 0.876. The fourth-order valence-corrected chi connectivity index (χ4v) is 3.01. The highest BCUT2D eigenvalue weighted by Gasteiger charge is 2.27. The molecule has 1 N–H and O–H groups in total. The lowest BCUT2D eigenvalue weighted by molar-refractivity contribution is -0.146. The average molecular weight is 305 g/mol. The van der Waals surface area contributed by atoms with Crippen LogP contribution in [0, 0.1) is 5.41 Å². The predicted octanol–water partition coefficient (Wildman–Crippen LogP) is 3.33. The van der Waals surface area contributed by atoms with E-state index in [1.165, 1.54) is 19.3 Å². The minimum Gasteiger partial charge on any atom is -0.496 e. The van der Waals surface area contributed by atoms with Gasteiger partial charge in [0.15, 0.2) is 0 Å². The maximum absolute atomic E-state index is 11.3. The van der Waals surface area contributed by atoms with Gasteiger partial charge in [-0.1, -0.05) is 18.6 Å². The summed E-state index contributed by atoms with van der Waals surface area (Å²) in [5, 5.41) is 9.30. The van der Waals surface area contributed by atoms with Gasteiger partial charge >= 0.3 is 5.97 Å². The number of carbonyl (C=O) groups is 1. The van der Waals surface area contributed by atoms with E-state index in [-0.39, 0.29) is 0 Å². The standard InChI is InChI=1S/C18H27NO3/c1-18(2,17(20)21)12-14-7-8-16(22-3)15(11-14)13-19-9-5-4-6-10-19/h7-8,11H,4-6,9-10,12-13H2,1-3H3,(H,20,21). The molecule has 1 aromatic carbocycles. The molecule has 0 spiro atoms. The van der Waals surface area contributed by atoms with Gasteiger partial charge in [-0.3, -0.25) is 9.69 Å². The van der Waals surface area contributed by atoms with Gasteiger partial charge in [0.05, 0.1) is 12.5 Å². The van der Waals surface area contributed by atoms with Crippen LogP contribution in [0.2, 0.25) is 0 Å². The Morgan fingerprint density at radius 3 is 2.55 bits per heavy atom. The molecule has 0 bridgehead atoms. The number of methoxy groups -OCH3 is 1. The fraction of sp³-hybridized carbons (Fsp3) is 0.611. The zero-order chi connectivity index (χ0) is 16.2. The van der Waals surface area contributed by atoms with E-state index < -0.39 is 11.4 Å². The molecular weight excluding hydrogens is 278 g/mol. The van der Waals surface area contributed by atoms with Crippen LogP contribution in [0.25, 0.3) is 0 Å². The zero-order valence-corrected chi connectivity index (χ0v) is 13.9. The molecule has 1 saturated heterocycles. The normalized spacial score (nSPS) is 16.5. The summed E-state index contributed by atoms with van der Waals surface area (Å²) >= 11 is 0. The second kappa shape index (κ2) is 7.14. The summed E-state index contributed by atoms with van der Waals surface area (Å²) in [6.07, 6.45) is 4.36. The van der Waals surface area contributed by atoms with Crippen molar-refractivity contribution in [2.75, 3.05) is 20.2 Å². The SMILES string of the molecule is COc1ccc(CC(C)(C)C(=O)O)cc1CN1CCCCC1. The van der Waals surface area contributed by atoms with Crippen LogP contribution in [0.15, 0.2) is 18.2 Å². The Morgan fingerprint density at radius 2 is 1.95 bits per heavy atom. The topological polar surface area (TPSA) is 49.8 Å². The van der Waals surface area contributed by atoms with Crippen molar-refractivity contribution in [2.45, 2.75) is 46.1 Å². The molecule has 1 aliphatic rings. The first-order chi connectivity index (χ1) is 10.4. The van der Waals surface area contributed by atoms with E-state index in [0.29, 0.717) is 6.42 Å². The van der Waals surface area contributed by atoms with Crippen LogP contribution in [-0.2, 0) is 17.8 Å². The summed E-state index contributed by atoms with van der Waals surface area (Å²) in [6.45, 7) is 6.68. The van der Waals surface area contributed by atoms with E-state index in [1.54, 1.807) is 21.0 Å². The number of benzene rings is 1. The smallest absolute Gasteiger partial charge is 0.309 e. The Labute approximate surface area is 133 Å². The minimum absolute atomic E-state index is 0.527. The Hall–Kier alpha value is -1.55. The number of piperidine rings is 1. The van der Waals surface area contributed by atoms with Crippen molar-refractivity contribution in [3.63, 3.8) is 0 Å². The summed E-state index contributed by atoms with van der Waals surface area (Å²) in [6, 6.07) is 6.05. The molecule has 0 radical (unpaired) electrons. The van der Waals surface area contributed by atoms with E-state index in [2.05, 4.69) is 11.0 Å². The molecule has 0 atom stereocenters. The van der Waals surface area contributed by atoms with Crippen molar-refractivity contribution < 1.29 is 14.6 Å². The number of aliphatic carboxylic acids is 1. The molecule has 2 rings (SSSR count). The van der Waals surface area contributed by atoms with Crippen molar-refractivity contribution in [3.8, 4) is 5.75 Å². The molecule has 0 saturated carbocycles. The van der Waals surface area contributed by atoms with E-state index >= 15 is 0 Å². The number of likely N-dealkylation sites (tertiary alicyclic amines) is 1.